The Hall–Kier alpha value is -0.120. The van der Waals surface area contributed by atoms with Gasteiger partial charge in [-0.25, -0.2) is 0 Å². The molecule has 2 unspecified atom stereocenters. The van der Waals surface area contributed by atoms with E-state index in [2.05, 4.69) is 12.2 Å². The van der Waals surface area contributed by atoms with Crippen LogP contribution in [-0.4, -0.2) is 31.3 Å². The van der Waals surface area contributed by atoms with E-state index in [-0.39, 0.29) is 0 Å². The van der Waals surface area contributed by atoms with E-state index in [1.807, 2.05) is 0 Å². The molecule has 2 rings (SSSR count). The predicted octanol–water partition coefficient (Wildman–Crippen LogP) is 1.27. The number of nitrogens with two attached hydrogens (primary N) is 1. The second kappa shape index (κ2) is 5.28. The van der Waals surface area contributed by atoms with Crippen LogP contribution in [0.1, 0.15) is 39.0 Å². The van der Waals surface area contributed by atoms with Crippen LogP contribution in [0.4, 0.5) is 0 Å². The standard InChI is InChI=1S/C12H24N2O/c1-9(10-6-7-15-8-10)14-12-4-2-11(13)3-5-12/h9-12,14H,2-8,13H2,1H3. The van der Waals surface area contributed by atoms with Crippen LogP contribution in [0.25, 0.3) is 0 Å². The number of hydrogen-bond acceptors (Lipinski definition) is 3. The molecular weight excluding hydrogens is 188 g/mol. The normalized spacial score (nSPS) is 39.2. The molecule has 2 aliphatic rings. The molecule has 0 aromatic rings. The Morgan fingerprint density at radius 3 is 2.53 bits per heavy atom. The second-order valence-electron chi connectivity index (χ2n) is 5.19. The molecule has 0 aromatic heterocycles. The molecule has 0 bridgehead atoms. The lowest BCUT2D eigenvalue weighted by Gasteiger charge is -2.31. The molecule has 3 heteroatoms. The summed E-state index contributed by atoms with van der Waals surface area (Å²) in [4.78, 5) is 0. The topological polar surface area (TPSA) is 47.3 Å². The van der Waals surface area contributed by atoms with Gasteiger partial charge in [-0.05, 0) is 44.9 Å². The second-order valence-corrected chi connectivity index (χ2v) is 5.19. The largest absolute Gasteiger partial charge is 0.381 e. The molecule has 3 N–H and O–H groups in total. The first-order valence-electron chi connectivity index (χ1n) is 6.35. The van der Waals surface area contributed by atoms with E-state index < -0.39 is 0 Å². The molecule has 2 atom stereocenters. The van der Waals surface area contributed by atoms with E-state index in [0.29, 0.717) is 18.1 Å². The Balaban J connectivity index is 1.71. The van der Waals surface area contributed by atoms with Crippen LogP contribution in [0.3, 0.4) is 0 Å². The zero-order chi connectivity index (χ0) is 10.7. The summed E-state index contributed by atoms with van der Waals surface area (Å²) in [6.45, 7) is 4.19. The molecule has 3 nitrogen and oxygen atoms in total. The summed E-state index contributed by atoms with van der Waals surface area (Å²) < 4.78 is 5.42. The Bertz CT molecular complexity index is 184. The molecule has 88 valence electrons. The molecule has 0 radical (unpaired) electrons. The molecule has 1 aliphatic heterocycles. The summed E-state index contributed by atoms with van der Waals surface area (Å²) in [6, 6.07) is 1.75. The summed E-state index contributed by atoms with van der Waals surface area (Å²) in [6.07, 6.45) is 6.09. The minimum Gasteiger partial charge on any atom is -0.381 e. The summed E-state index contributed by atoms with van der Waals surface area (Å²) in [7, 11) is 0. The predicted molar refractivity (Wildman–Crippen MR) is 61.8 cm³/mol. The first-order valence-corrected chi connectivity index (χ1v) is 6.35. The van der Waals surface area contributed by atoms with Gasteiger partial charge in [0.25, 0.3) is 0 Å². The van der Waals surface area contributed by atoms with Gasteiger partial charge in [0.2, 0.25) is 0 Å². The summed E-state index contributed by atoms with van der Waals surface area (Å²) in [5, 5.41) is 3.75. The van der Waals surface area contributed by atoms with Crippen LogP contribution >= 0.6 is 0 Å². The maximum Gasteiger partial charge on any atom is 0.0509 e. The smallest absolute Gasteiger partial charge is 0.0509 e. The fourth-order valence-electron chi connectivity index (χ4n) is 2.74. The van der Waals surface area contributed by atoms with Crippen LogP contribution in [-0.2, 0) is 4.74 Å². The van der Waals surface area contributed by atoms with E-state index in [0.717, 1.165) is 19.1 Å². The third-order valence-electron chi connectivity index (χ3n) is 3.94. The molecule has 1 aliphatic carbocycles. The SMILES string of the molecule is CC(NC1CCC(N)CC1)C1CCOC1. The van der Waals surface area contributed by atoms with Gasteiger partial charge >= 0.3 is 0 Å². The highest BCUT2D eigenvalue weighted by molar-refractivity contribution is 4.83. The van der Waals surface area contributed by atoms with E-state index in [1.54, 1.807) is 0 Å². The Morgan fingerprint density at radius 2 is 1.93 bits per heavy atom. The van der Waals surface area contributed by atoms with Gasteiger partial charge in [-0.1, -0.05) is 0 Å². The van der Waals surface area contributed by atoms with Gasteiger partial charge in [-0.2, -0.15) is 0 Å². The van der Waals surface area contributed by atoms with Gasteiger partial charge in [0.1, 0.15) is 0 Å². The Kier molecular flexibility index (Phi) is 4.00. The van der Waals surface area contributed by atoms with Gasteiger partial charge in [0.15, 0.2) is 0 Å². The van der Waals surface area contributed by atoms with E-state index in [1.165, 1.54) is 32.1 Å². The number of ether oxygens (including phenoxy) is 1. The van der Waals surface area contributed by atoms with Crippen molar-refractivity contribution in [3.05, 3.63) is 0 Å². The van der Waals surface area contributed by atoms with Crippen LogP contribution in [0.15, 0.2) is 0 Å². The Labute approximate surface area is 92.7 Å². The van der Waals surface area contributed by atoms with Gasteiger partial charge in [-0.3, -0.25) is 0 Å². The molecule has 15 heavy (non-hydrogen) atoms. The van der Waals surface area contributed by atoms with Crippen LogP contribution < -0.4 is 11.1 Å². The highest BCUT2D eigenvalue weighted by atomic mass is 16.5. The average molecular weight is 212 g/mol. The maximum atomic E-state index is 5.90. The lowest BCUT2D eigenvalue weighted by molar-refractivity contribution is 0.174. The van der Waals surface area contributed by atoms with Crippen molar-refractivity contribution >= 4 is 0 Å². The van der Waals surface area contributed by atoms with Gasteiger partial charge in [0, 0.05) is 24.7 Å². The lowest BCUT2D eigenvalue weighted by atomic mass is 9.90. The highest BCUT2D eigenvalue weighted by Crippen LogP contribution is 2.21. The lowest BCUT2D eigenvalue weighted by Crippen LogP contribution is -2.44. The minimum atomic E-state index is 0.452. The van der Waals surface area contributed by atoms with Crippen molar-refractivity contribution in [1.29, 1.82) is 0 Å². The van der Waals surface area contributed by atoms with Gasteiger partial charge in [-0.15, -0.1) is 0 Å². The fraction of sp³-hybridized carbons (Fsp3) is 1.00. The zero-order valence-corrected chi connectivity index (χ0v) is 9.74. The van der Waals surface area contributed by atoms with Crippen LogP contribution in [0.2, 0.25) is 0 Å². The molecule has 2 fully saturated rings. The third-order valence-corrected chi connectivity index (χ3v) is 3.94. The number of rotatable bonds is 3. The van der Waals surface area contributed by atoms with Crippen LogP contribution in [0, 0.1) is 5.92 Å². The molecule has 0 spiro atoms. The first kappa shape index (κ1) is 11.4. The van der Waals surface area contributed by atoms with E-state index in [9.17, 15) is 0 Å². The Morgan fingerprint density at radius 1 is 1.20 bits per heavy atom. The van der Waals surface area contributed by atoms with Crippen molar-refractivity contribution in [2.24, 2.45) is 11.7 Å². The number of hydrogen-bond donors (Lipinski definition) is 2. The fourth-order valence-corrected chi connectivity index (χ4v) is 2.74. The van der Waals surface area contributed by atoms with Crippen molar-refractivity contribution in [1.82, 2.24) is 5.32 Å². The van der Waals surface area contributed by atoms with E-state index >= 15 is 0 Å². The van der Waals surface area contributed by atoms with Gasteiger partial charge in [0.05, 0.1) is 6.61 Å². The van der Waals surface area contributed by atoms with E-state index in [4.69, 9.17) is 10.5 Å². The van der Waals surface area contributed by atoms with Crippen molar-refractivity contribution in [3.63, 3.8) is 0 Å². The quantitative estimate of drug-likeness (QED) is 0.740. The third kappa shape index (κ3) is 3.16. The van der Waals surface area contributed by atoms with Crippen molar-refractivity contribution in [2.75, 3.05) is 13.2 Å². The number of nitrogens with one attached hydrogen (secondary N) is 1. The molecule has 0 amide bonds. The highest BCUT2D eigenvalue weighted by Gasteiger charge is 2.25. The van der Waals surface area contributed by atoms with Crippen LogP contribution in [0.5, 0.6) is 0 Å². The molecule has 1 saturated carbocycles. The monoisotopic (exact) mass is 212 g/mol. The average Bonchev–Trinajstić information content (AvgIpc) is 2.74. The summed E-state index contributed by atoms with van der Waals surface area (Å²) in [5.74, 6) is 0.723. The maximum absolute atomic E-state index is 5.90. The summed E-state index contributed by atoms with van der Waals surface area (Å²) in [5.41, 5.74) is 5.90. The van der Waals surface area contributed by atoms with Gasteiger partial charge < -0.3 is 15.8 Å². The molecule has 1 heterocycles. The van der Waals surface area contributed by atoms with Crippen molar-refractivity contribution in [3.8, 4) is 0 Å². The first-order chi connectivity index (χ1) is 7.25. The minimum absolute atomic E-state index is 0.452. The summed E-state index contributed by atoms with van der Waals surface area (Å²) >= 11 is 0. The van der Waals surface area contributed by atoms with Crippen molar-refractivity contribution in [2.45, 2.75) is 57.2 Å². The molecular formula is C12H24N2O. The van der Waals surface area contributed by atoms with Crippen molar-refractivity contribution < 1.29 is 4.74 Å². The molecule has 0 aromatic carbocycles. The zero-order valence-electron chi connectivity index (χ0n) is 9.74. The molecule has 1 saturated heterocycles.